The van der Waals surface area contributed by atoms with Crippen LogP contribution in [0.3, 0.4) is 0 Å². The van der Waals surface area contributed by atoms with Gasteiger partial charge in [-0.1, -0.05) is 0 Å². The molecule has 7 rings (SSSR count). The third kappa shape index (κ3) is 8.84. The van der Waals surface area contributed by atoms with Gasteiger partial charge < -0.3 is 30.6 Å². The Balaban J connectivity index is 1.56. The fourth-order valence-electron chi connectivity index (χ4n) is 5.80. The summed E-state index contributed by atoms with van der Waals surface area (Å²) in [4.78, 5) is 106. The van der Waals surface area contributed by atoms with Gasteiger partial charge in [0, 0.05) is 49.3 Å². The number of carboxylic acid groups (broad SMARTS) is 6. The highest BCUT2D eigenvalue weighted by atomic mass is 16.4. The van der Waals surface area contributed by atoms with Gasteiger partial charge in [0.05, 0.1) is 39.1 Å². The average molecular weight is 851 g/mol. The van der Waals surface area contributed by atoms with Gasteiger partial charge in [-0.25, -0.2) is 63.7 Å². The van der Waals surface area contributed by atoms with Gasteiger partial charge in [-0.05, 0) is 72.8 Å². The van der Waals surface area contributed by atoms with Gasteiger partial charge in [0.25, 0.3) is 0 Å². The predicted molar refractivity (Wildman–Crippen MR) is 217 cm³/mol. The van der Waals surface area contributed by atoms with Crippen molar-refractivity contribution in [3.05, 3.63) is 155 Å². The lowest BCUT2D eigenvalue weighted by Crippen LogP contribution is -2.21. The van der Waals surface area contributed by atoms with Crippen LogP contribution in [-0.4, -0.2) is 101 Å². The van der Waals surface area contributed by atoms with Crippen molar-refractivity contribution >= 4 is 88.0 Å². The number of carboxylic acids is 6. The molecule has 7 aromatic heterocycles. The van der Waals surface area contributed by atoms with Gasteiger partial charge in [-0.3, -0.25) is 14.7 Å². The second-order valence-corrected chi connectivity index (χ2v) is 12.8. The number of nitrogens with zero attached hydrogens (tertiary/aromatic N) is 10. The average Bonchev–Trinajstić information content (AvgIpc) is 3.28. The number of rotatable bonds is 15. The van der Waals surface area contributed by atoms with Crippen LogP contribution in [0.15, 0.2) is 122 Å². The Bertz CT molecular complexity index is 2400. The molecular weight excluding hydrogens is 825 g/mol. The molecular formula is C41H26N10O12. The summed E-state index contributed by atoms with van der Waals surface area (Å²) in [6.45, 7) is 0. The van der Waals surface area contributed by atoms with Crippen molar-refractivity contribution in [1.82, 2.24) is 34.9 Å². The molecule has 63 heavy (non-hydrogen) atoms. The van der Waals surface area contributed by atoms with E-state index < -0.39 is 35.8 Å². The Hall–Kier alpha value is -9.73. The maximum absolute atomic E-state index is 11.8. The summed E-state index contributed by atoms with van der Waals surface area (Å²) in [6, 6.07) is 18.4. The predicted octanol–water partition coefficient (Wildman–Crippen LogP) is 6.05. The van der Waals surface area contributed by atoms with Crippen LogP contribution in [0, 0.1) is 0 Å². The quantitative estimate of drug-likeness (QED) is 0.0683. The lowest BCUT2D eigenvalue weighted by atomic mass is 10.2. The molecule has 7 heterocycles. The minimum absolute atomic E-state index is 0.00465. The fourth-order valence-corrected chi connectivity index (χ4v) is 5.80. The van der Waals surface area contributed by atoms with Crippen LogP contribution in [0.4, 0.5) is 52.2 Å². The van der Waals surface area contributed by atoms with Crippen LogP contribution in [0.2, 0.25) is 0 Å². The third-order valence-electron chi connectivity index (χ3n) is 8.84. The van der Waals surface area contributed by atoms with Crippen molar-refractivity contribution in [3.63, 3.8) is 0 Å². The summed E-state index contributed by atoms with van der Waals surface area (Å²) in [6.07, 6.45) is 6.38. The Morgan fingerprint density at radius 3 is 0.683 bits per heavy atom. The van der Waals surface area contributed by atoms with Gasteiger partial charge in [0.1, 0.15) is 46.5 Å². The van der Waals surface area contributed by atoms with E-state index in [1.807, 2.05) is 0 Å². The van der Waals surface area contributed by atoms with Gasteiger partial charge in [-0.2, -0.15) is 0 Å². The van der Waals surface area contributed by atoms with Gasteiger partial charge in [0.15, 0.2) is 0 Å². The lowest BCUT2D eigenvalue weighted by Gasteiger charge is -2.29. The van der Waals surface area contributed by atoms with Crippen molar-refractivity contribution < 1.29 is 59.4 Å². The van der Waals surface area contributed by atoms with E-state index >= 15 is 0 Å². The summed E-state index contributed by atoms with van der Waals surface area (Å²) < 4.78 is 0. The van der Waals surface area contributed by atoms with E-state index in [0.29, 0.717) is 0 Å². The largest absolute Gasteiger partial charge is 0.478 e. The van der Waals surface area contributed by atoms with Crippen molar-refractivity contribution in [1.29, 1.82) is 0 Å². The van der Waals surface area contributed by atoms with Crippen LogP contribution in [0.1, 0.15) is 62.1 Å². The van der Waals surface area contributed by atoms with Crippen molar-refractivity contribution in [2.75, 3.05) is 14.7 Å². The van der Waals surface area contributed by atoms with E-state index in [0.717, 1.165) is 37.2 Å². The number of aromatic nitrogens is 7. The summed E-state index contributed by atoms with van der Waals surface area (Å²) in [5.41, 5.74) is -1.01. The highest BCUT2D eigenvalue weighted by Gasteiger charge is 2.27. The van der Waals surface area contributed by atoms with E-state index in [9.17, 15) is 59.4 Å². The Morgan fingerprint density at radius 2 is 0.508 bits per heavy atom. The van der Waals surface area contributed by atoms with E-state index in [2.05, 4.69) is 29.9 Å². The number of aromatic carboxylic acids is 6. The molecule has 22 nitrogen and oxygen atoms in total. The second kappa shape index (κ2) is 17.2. The molecule has 22 heteroatoms. The molecule has 0 fully saturated rings. The Morgan fingerprint density at radius 1 is 0.302 bits per heavy atom. The van der Waals surface area contributed by atoms with Crippen LogP contribution in [-0.2, 0) is 0 Å². The molecule has 0 unspecified atom stereocenters. The molecule has 0 amide bonds. The monoisotopic (exact) mass is 850 g/mol. The molecule has 0 saturated heterocycles. The first kappa shape index (κ1) is 41.4. The zero-order valence-corrected chi connectivity index (χ0v) is 31.7. The number of anilines is 9. The summed E-state index contributed by atoms with van der Waals surface area (Å²) in [7, 11) is 0. The molecule has 0 radical (unpaired) electrons. The number of carbonyl (C=O) groups is 6. The molecule has 0 aliphatic heterocycles. The van der Waals surface area contributed by atoms with Crippen molar-refractivity contribution in [2.24, 2.45) is 0 Å². The second-order valence-electron chi connectivity index (χ2n) is 12.8. The Kier molecular flexibility index (Phi) is 11.3. The van der Waals surface area contributed by atoms with Crippen LogP contribution >= 0.6 is 0 Å². The maximum Gasteiger partial charge on any atom is 0.337 e. The molecule has 7 aromatic rings. The van der Waals surface area contributed by atoms with E-state index in [1.165, 1.54) is 99.6 Å². The molecule has 6 N–H and O–H groups in total. The molecule has 0 aliphatic carbocycles. The summed E-state index contributed by atoms with van der Waals surface area (Å²) in [5, 5.41) is 57.9. The standard InChI is InChI=1S/C41H26N10O12/c52-36(53)21-1-7-28(42-15-21)49(29-8-2-22(16-43-29)37(54)55)27-13-34(50(30-9-3-23(17-44-30)38(56)57)31-10-4-24(18-45-31)39(58)59)48-35(14-27)51(32-11-5-25(19-46-32)40(60)61)33-12-6-26(20-47-33)41(62)63/h1-20H,(H,52,53)(H,54,55)(H,56,57)(H,58,59)(H,60,61)(H,62,63). The maximum atomic E-state index is 11.8. The zero-order valence-electron chi connectivity index (χ0n) is 31.7. The van der Waals surface area contributed by atoms with Crippen LogP contribution in [0.5, 0.6) is 0 Å². The molecule has 0 atom stereocenters. The van der Waals surface area contributed by atoms with Crippen molar-refractivity contribution in [3.8, 4) is 0 Å². The molecule has 312 valence electrons. The topological polar surface area (TPSA) is 324 Å². The first-order valence-corrected chi connectivity index (χ1v) is 17.8. The van der Waals surface area contributed by atoms with Crippen LogP contribution < -0.4 is 14.7 Å². The number of pyridine rings is 7. The van der Waals surface area contributed by atoms with Crippen molar-refractivity contribution in [2.45, 2.75) is 0 Å². The highest BCUT2D eigenvalue weighted by Crippen LogP contribution is 2.42. The third-order valence-corrected chi connectivity index (χ3v) is 8.84. The normalized spacial score (nSPS) is 10.7. The first-order valence-electron chi connectivity index (χ1n) is 17.8. The van der Waals surface area contributed by atoms with Gasteiger partial charge in [0.2, 0.25) is 0 Å². The first-order chi connectivity index (χ1) is 30.2. The van der Waals surface area contributed by atoms with Crippen LogP contribution in [0.25, 0.3) is 0 Å². The number of hydrogen-bond acceptors (Lipinski definition) is 16. The molecule has 0 aromatic carbocycles. The highest BCUT2D eigenvalue weighted by molar-refractivity contribution is 5.92. The Labute approximate surface area is 352 Å². The van der Waals surface area contributed by atoms with Gasteiger partial charge in [-0.15, -0.1) is 0 Å². The minimum atomic E-state index is -1.29. The minimum Gasteiger partial charge on any atom is -0.478 e. The lowest BCUT2D eigenvalue weighted by molar-refractivity contribution is 0.0685. The molecule has 0 bridgehead atoms. The molecule has 0 spiro atoms. The molecule has 0 aliphatic rings. The zero-order chi connectivity index (χ0) is 44.9. The SMILES string of the molecule is O=C(O)c1ccc(N(c2cc(N(c3ccc(C(=O)O)cn3)c3ccc(C(=O)O)cn3)nc(N(c3ccc(C(=O)O)cn3)c3ccc(C(=O)O)cn3)c2)c2ccc(C(=O)O)cn2)nc1. The smallest absolute Gasteiger partial charge is 0.337 e. The fraction of sp³-hybridized carbons (Fsp3) is 0. The summed E-state index contributed by atoms with van der Waals surface area (Å²) in [5.74, 6) is -7.79. The van der Waals surface area contributed by atoms with E-state index in [4.69, 9.17) is 4.98 Å². The summed E-state index contributed by atoms with van der Waals surface area (Å²) >= 11 is 0. The van der Waals surface area contributed by atoms with Gasteiger partial charge >= 0.3 is 35.8 Å². The van der Waals surface area contributed by atoms with E-state index in [1.54, 1.807) is 0 Å². The van der Waals surface area contributed by atoms with E-state index in [-0.39, 0.29) is 85.6 Å². The number of hydrogen-bond donors (Lipinski definition) is 6. The molecule has 0 saturated carbocycles.